The number of anilines is 2. The molecule has 0 fully saturated rings. The molecule has 0 amide bonds. The highest BCUT2D eigenvalue weighted by Gasteiger charge is 2.01. The summed E-state index contributed by atoms with van der Waals surface area (Å²) in [6, 6.07) is 0. The van der Waals surface area contributed by atoms with E-state index in [1.165, 1.54) is 11.5 Å². The maximum absolute atomic E-state index is 8.80. The van der Waals surface area contributed by atoms with Crippen LogP contribution in [0.4, 0.5) is 11.1 Å². The molecule has 1 rings (SSSR count). The molecule has 0 spiro atoms. The Morgan fingerprint density at radius 3 is 3.00 bits per heavy atom. The Morgan fingerprint density at radius 2 is 2.43 bits per heavy atom. The van der Waals surface area contributed by atoms with E-state index < -0.39 is 0 Å². The largest absolute Gasteiger partial charge is 0.396 e. The van der Waals surface area contributed by atoms with Gasteiger partial charge in [-0.2, -0.15) is 9.36 Å². The molecule has 0 aromatic carbocycles. The molecule has 0 aliphatic carbocycles. The van der Waals surface area contributed by atoms with Crippen molar-refractivity contribution in [3.63, 3.8) is 0 Å². The van der Waals surface area contributed by atoms with Crippen LogP contribution in [0.5, 0.6) is 0 Å². The third kappa shape index (κ3) is 3.89. The normalized spacial score (nSPS) is 12.7. The molecule has 1 atom stereocenters. The van der Waals surface area contributed by atoms with Crippen LogP contribution in [0.3, 0.4) is 0 Å². The molecule has 0 radical (unpaired) electrons. The average molecular weight is 216 g/mol. The second kappa shape index (κ2) is 5.77. The van der Waals surface area contributed by atoms with Crippen LogP contribution in [0.2, 0.25) is 0 Å². The fraction of sp³-hybridized carbons (Fsp3) is 0.750. The van der Waals surface area contributed by atoms with Crippen molar-refractivity contribution in [2.45, 2.75) is 19.8 Å². The van der Waals surface area contributed by atoms with Gasteiger partial charge in [0.15, 0.2) is 0 Å². The van der Waals surface area contributed by atoms with Gasteiger partial charge in [-0.25, -0.2) is 0 Å². The molecule has 0 saturated heterocycles. The van der Waals surface area contributed by atoms with Crippen LogP contribution >= 0.6 is 11.5 Å². The van der Waals surface area contributed by atoms with Crippen LogP contribution in [0.15, 0.2) is 0 Å². The monoisotopic (exact) mass is 216 g/mol. The van der Waals surface area contributed by atoms with Crippen LogP contribution in [0.1, 0.15) is 19.8 Å². The minimum atomic E-state index is 0.256. The second-order valence-electron chi connectivity index (χ2n) is 3.31. The third-order valence-electron chi connectivity index (χ3n) is 1.90. The Kier molecular flexibility index (Phi) is 4.61. The van der Waals surface area contributed by atoms with Crippen LogP contribution < -0.4 is 11.1 Å². The lowest BCUT2D eigenvalue weighted by Crippen LogP contribution is -2.06. The Balaban J connectivity index is 2.10. The molecule has 1 aromatic rings. The SMILES string of the molecule is CC(CO)CCCNc1nc(N)ns1. The zero-order valence-electron chi connectivity index (χ0n) is 8.23. The number of nitrogen functional groups attached to an aromatic ring is 1. The highest BCUT2D eigenvalue weighted by atomic mass is 32.1. The minimum Gasteiger partial charge on any atom is -0.396 e. The highest BCUT2D eigenvalue weighted by molar-refractivity contribution is 7.09. The van der Waals surface area contributed by atoms with Crippen LogP contribution in [0.25, 0.3) is 0 Å². The number of rotatable bonds is 6. The van der Waals surface area contributed by atoms with Crippen molar-refractivity contribution in [1.82, 2.24) is 9.36 Å². The van der Waals surface area contributed by atoms with Gasteiger partial charge in [-0.1, -0.05) is 6.92 Å². The lowest BCUT2D eigenvalue weighted by Gasteiger charge is -2.06. The van der Waals surface area contributed by atoms with Gasteiger partial charge in [0.05, 0.1) is 0 Å². The van der Waals surface area contributed by atoms with Crippen molar-refractivity contribution in [3.8, 4) is 0 Å². The van der Waals surface area contributed by atoms with Gasteiger partial charge in [0.2, 0.25) is 11.1 Å². The van der Waals surface area contributed by atoms with Crippen molar-refractivity contribution in [2.24, 2.45) is 5.92 Å². The Morgan fingerprint density at radius 1 is 1.64 bits per heavy atom. The number of nitrogens with one attached hydrogen (secondary N) is 1. The van der Waals surface area contributed by atoms with E-state index in [1.807, 2.05) is 6.92 Å². The first-order chi connectivity index (χ1) is 6.72. The fourth-order valence-corrected chi connectivity index (χ4v) is 1.57. The van der Waals surface area contributed by atoms with Crippen molar-refractivity contribution >= 4 is 22.6 Å². The lowest BCUT2D eigenvalue weighted by atomic mass is 10.1. The first-order valence-electron chi connectivity index (χ1n) is 4.66. The molecule has 1 aromatic heterocycles. The molecule has 1 heterocycles. The lowest BCUT2D eigenvalue weighted by molar-refractivity contribution is 0.229. The zero-order chi connectivity index (χ0) is 10.4. The van der Waals surface area contributed by atoms with Crippen LogP contribution in [-0.4, -0.2) is 27.6 Å². The molecule has 5 nitrogen and oxygen atoms in total. The highest BCUT2D eigenvalue weighted by Crippen LogP contribution is 2.12. The summed E-state index contributed by atoms with van der Waals surface area (Å²) in [7, 11) is 0. The average Bonchev–Trinajstić information content (AvgIpc) is 2.58. The van der Waals surface area contributed by atoms with Gasteiger partial charge >= 0.3 is 0 Å². The van der Waals surface area contributed by atoms with Gasteiger partial charge in [0, 0.05) is 24.7 Å². The Labute approximate surface area is 87.5 Å². The van der Waals surface area contributed by atoms with Gasteiger partial charge in [0.25, 0.3) is 0 Å². The zero-order valence-corrected chi connectivity index (χ0v) is 9.05. The first kappa shape index (κ1) is 11.2. The van der Waals surface area contributed by atoms with Gasteiger partial charge in [-0.3, -0.25) is 0 Å². The van der Waals surface area contributed by atoms with E-state index in [1.54, 1.807) is 0 Å². The molecule has 0 aliphatic heterocycles. The van der Waals surface area contributed by atoms with Crippen molar-refractivity contribution in [3.05, 3.63) is 0 Å². The van der Waals surface area contributed by atoms with Crippen molar-refractivity contribution < 1.29 is 5.11 Å². The van der Waals surface area contributed by atoms with E-state index in [4.69, 9.17) is 10.8 Å². The molecular weight excluding hydrogens is 200 g/mol. The summed E-state index contributed by atoms with van der Waals surface area (Å²) < 4.78 is 3.85. The van der Waals surface area contributed by atoms with E-state index in [2.05, 4.69) is 14.7 Å². The summed E-state index contributed by atoms with van der Waals surface area (Å²) in [5.74, 6) is 0.692. The minimum absolute atomic E-state index is 0.256. The summed E-state index contributed by atoms with van der Waals surface area (Å²) in [6.45, 7) is 3.13. The summed E-state index contributed by atoms with van der Waals surface area (Å²) >= 11 is 1.27. The van der Waals surface area contributed by atoms with Crippen molar-refractivity contribution in [1.29, 1.82) is 0 Å². The number of aliphatic hydroxyl groups is 1. The number of aromatic nitrogens is 2. The van der Waals surface area contributed by atoms with E-state index in [0.717, 1.165) is 24.5 Å². The van der Waals surface area contributed by atoms with Crippen molar-refractivity contribution in [2.75, 3.05) is 24.2 Å². The van der Waals surface area contributed by atoms with E-state index in [9.17, 15) is 0 Å². The smallest absolute Gasteiger partial charge is 0.233 e. The topological polar surface area (TPSA) is 84.1 Å². The predicted octanol–water partition coefficient (Wildman–Crippen LogP) is 0.941. The Hall–Kier alpha value is -0.880. The quantitative estimate of drug-likeness (QED) is 0.616. The van der Waals surface area contributed by atoms with E-state index in [0.29, 0.717) is 11.9 Å². The summed E-state index contributed by atoms with van der Waals surface area (Å²) in [5.41, 5.74) is 5.37. The molecule has 80 valence electrons. The predicted molar refractivity (Wildman–Crippen MR) is 58.3 cm³/mol. The maximum Gasteiger partial charge on any atom is 0.233 e. The van der Waals surface area contributed by atoms with E-state index >= 15 is 0 Å². The number of hydrogen-bond acceptors (Lipinski definition) is 6. The second-order valence-corrected chi connectivity index (χ2v) is 4.07. The summed E-state index contributed by atoms with van der Waals surface area (Å²) in [4.78, 5) is 3.97. The number of nitrogens with two attached hydrogens (primary N) is 1. The first-order valence-corrected chi connectivity index (χ1v) is 5.43. The van der Waals surface area contributed by atoms with Crippen LogP contribution in [0, 0.1) is 5.92 Å². The molecule has 14 heavy (non-hydrogen) atoms. The molecule has 4 N–H and O–H groups in total. The Bertz CT molecular complexity index is 266. The molecule has 6 heteroatoms. The molecule has 1 unspecified atom stereocenters. The molecular formula is C8H16N4OS. The van der Waals surface area contributed by atoms with Gasteiger partial charge in [-0.15, -0.1) is 0 Å². The number of hydrogen-bond donors (Lipinski definition) is 3. The van der Waals surface area contributed by atoms with Gasteiger partial charge in [-0.05, 0) is 18.8 Å². The molecule has 0 bridgehead atoms. The number of aliphatic hydroxyl groups excluding tert-OH is 1. The van der Waals surface area contributed by atoms with Gasteiger partial charge < -0.3 is 16.2 Å². The van der Waals surface area contributed by atoms with Crippen LogP contribution in [-0.2, 0) is 0 Å². The molecule has 0 saturated carbocycles. The third-order valence-corrected chi connectivity index (χ3v) is 2.59. The maximum atomic E-state index is 8.80. The molecule has 0 aliphatic rings. The van der Waals surface area contributed by atoms with E-state index in [-0.39, 0.29) is 6.61 Å². The standard InChI is InChI=1S/C8H16N4OS/c1-6(5-13)3-2-4-10-8-11-7(9)12-14-8/h6,13H,2-5H2,1H3,(H3,9,10,11,12). The summed E-state index contributed by atoms with van der Waals surface area (Å²) in [5, 5.41) is 12.7. The van der Waals surface area contributed by atoms with Gasteiger partial charge in [0.1, 0.15) is 0 Å². The number of nitrogens with zero attached hydrogens (tertiary/aromatic N) is 2. The fourth-order valence-electron chi connectivity index (χ4n) is 1.04. The summed E-state index contributed by atoms with van der Waals surface area (Å²) in [6.07, 6.45) is 2.03.